The molecule has 0 fully saturated rings. The summed E-state index contributed by atoms with van der Waals surface area (Å²) in [4.78, 5) is 18.9. The SMILES string of the molecule is c1ccc(-c2nccc(-c3ccc(-c4cccc(-n5c6ccccc6c6c7c8ccccc8n(-c8cccc(-c9ccc(-c%10ccnc(-c%11ccccc%11)n%10)cc9)c8)c7ccc65)c4)cc3)n2)cc1. The van der Waals surface area contributed by atoms with Crippen molar-refractivity contribution in [3.63, 3.8) is 0 Å². The maximum Gasteiger partial charge on any atom is 0.159 e. The molecule has 0 amide bonds. The number of para-hydroxylation sites is 2. The van der Waals surface area contributed by atoms with E-state index in [0.717, 1.165) is 78.9 Å². The first-order valence-corrected chi connectivity index (χ1v) is 22.9. The van der Waals surface area contributed by atoms with Gasteiger partial charge in [-0.2, -0.15) is 0 Å². The molecule has 0 aliphatic heterocycles. The summed E-state index contributed by atoms with van der Waals surface area (Å²) in [5.41, 5.74) is 17.4. The Hall–Kier alpha value is -9.26. The summed E-state index contributed by atoms with van der Waals surface area (Å²) in [5.74, 6) is 1.44. The van der Waals surface area contributed by atoms with E-state index in [1.54, 1.807) is 0 Å². The average molecular weight is 869 g/mol. The van der Waals surface area contributed by atoms with Gasteiger partial charge in [-0.1, -0.05) is 170 Å². The molecule has 0 bridgehead atoms. The largest absolute Gasteiger partial charge is 0.309 e. The summed E-state index contributed by atoms with van der Waals surface area (Å²) in [6, 6.07) is 81.5. The number of benzene rings is 9. The van der Waals surface area contributed by atoms with E-state index in [4.69, 9.17) is 9.97 Å². The quantitative estimate of drug-likeness (QED) is 0.153. The minimum Gasteiger partial charge on any atom is -0.309 e. The molecule has 4 heterocycles. The van der Waals surface area contributed by atoms with Crippen molar-refractivity contribution >= 4 is 43.6 Å². The Morgan fingerprint density at radius 1 is 0.265 bits per heavy atom. The van der Waals surface area contributed by atoms with Gasteiger partial charge >= 0.3 is 0 Å². The number of nitrogens with zero attached hydrogens (tertiary/aromatic N) is 6. The van der Waals surface area contributed by atoms with E-state index >= 15 is 0 Å². The molecule has 6 nitrogen and oxygen atoms in total. The second-order valence-corrected chi connectivity index (χ2v) is 17.1. The van der Waals surface area contributed by atoms with Crippen molar-refractivity contribution in [2.75, 3.05) is 0 Å². The molecule has 13 rings (SSSR count). The summed E-state index contributed by atoms with van der Waals surface area (Å²) in [5, 5.41) is 4.93. The molecule has 6 heteroatoms. The number of hydrogen-bond donors (Lipinski definition) is 0. The van der Waals surface area contributed by atoms with Crippen LogP contribution in [-0.2, 0) is 0 Å². The monoisotopic (exact) mass is 868 g/mol. The highest BCUT2D eigenvalue weighted by Gasteiger charge is 2.21. The average Bonchev–Trinajstić information content (AvgIpc) is 3.95. The Morgan fingerprint density at radius 2 is 0.647 bits per heavy atom. The van der Waals surface area contributed by atoms with Crippen LogP contribution in [0.2, 0.25) is 0 Å². The molecule has 13 aromatic rings. The maximum absolute atomic E-state index is 4.90. The predicted molar refractivity (Wildman–Crippen MR) is 279 cm³/mol. The molecule has 4 aromatic heterocycles. The lowest BCUT2D eigenvalue weighted by Gasteiger charge is -2.12. The van der Waals surface area contributed by atoms with Gasteiger partial charge in [0.05, 0.1) is 33.5 Å². The van der Waals surface area contributed by atoms with Crippen LogP contribution in [0.1, 0.15) is 0 Å². The molecular weight excluding hydrogens is 829 g/mol. The molecule has 0 unspecified atom stereocenters. The lowest BCUT2D eigenvalue weighted by Crippen LogP contribution is -1.96. The molecule has 0 aliphatic carbocycles. The molecule has 0 atom stereocenters. The molecule has 68 heavy (non-hydrogen) atoms. The van der Waals surface area contributed by atoms with Crippen molar-refractivity contribution in [2.45, 2.75) is 0 Å². The Labute approximate surface area is 392 Å². The van der Waals surface area contributed by atoms with Crippen LogP contribution in [0.15, 0.2) is 243 Å². The Morgan fingerprint density at radius 3 is 1.09 bits per heavy atom. The van der Waals surface area contributed by atoms with Crippen molar-refractivity contribution in [3.8, 4) is 78.9 Å². The van der Waals surface area contributed by atoms with E-state index in [1.165, 1.54) is 43.6 Å². The van der Waals surface area contributed by atoms with Gasteiger partial charge in [0, 0.05) is 67.6 Å². The van der Waals surface area contributed by atoms with Gasteiger partial charge in [-0.05, 0) is 82.9 Å². The highest BCUT2D eigenvalue weighted by Crippen LogP contribution is 2.43. The van der Waals surface area contributed by atoms with E-state index in [2.05, 4.69) is 177 Å². The minimum atomic E-state index is 0.721. The molecule has 318 valence electrons. The fourth-order valence-corrected chi connectivity index (χ4v) is 9.88. The van der Waals surface area contributed by atoms with Crippen molar-refractivity contribution in [1.29, 1.82) is 0 Å². The van der Waals surface area contributed by atoms with Crippen LogP contribution in [0.4, 0.5) is 0 Å². The first kappa shape index (κ1) is 39.1. The van der Waals surface area contributed by atoms with Gasteiger partial charge in [0.1, 0.15) is 0 Å². The van der Waals surface area contributed by atoms with Gasteiger partial charge in [-0.3, -0.25) is 0 Å². The third-order valence-corrected chi connectivity index (χ3v) is 13.1. The van der Waals surface area contributed by atoms with E-state index in [-0.39, 0.29) is 0 Å². The van der Waals surface area contributed by atoms with Crippen LogP contribution in [0.3, 0.4) is 0 Å². The smallest absolute Gasteiger partial charge is 0.159 e. The Kier molecular flexibility index (Phi) is 9.39. The highest BCUT2D eigenvalue weighted by molar-refractivity contribution is 6.29. The zero-order chi connectivity index (χ0) is 45.0. The molecule has 0 aliphatic rings. The maximum atomic E-state index is 4.90. The summed E-state index contributed by atoms with van der Waals surface area (Å²) in [6.07, 6.45) is 3.67. The first-order valence-electron chi connectivity index (χ1n) is 22.9. The van der Waals surface area contributed by atoms with E-state index in [1.807, 2.05) is 85.2 Å². The molecule has 0 saturated heterocycles. The standard InChI is InChI=1S/C62H40N6/c1-3-13-45(14-4-1)61-63-37-35-53(65-61)43-29-25-41(26-30-43)47-17-11-19-49(39-47)67-55-23-9-7-21-51(55)59-57(67)33-34-58-60(59)52-22-8-10-24-56(52)68(58)50-20-12-18-48(40-50)42-27-31-44(32-28-42)54-36-38-64-62(66-54)46-15-5-2-6-16-46/h1-40H. The summed E-state index contributed by atoms with van der Waals surface area (Å²) in [7, 11) is 0. The van der Waals surface area contributed by atoms with Crippen LogP contribution in [-0.4, -0.2) is 29.1 Å². The molecule has 9 aromatic carbocycles. The lowest BCUT2D eigenvalue weighted by molar-refractivity contribution is 1.17. The fourth-order valence-electron chi connectivity index (χ4n) is 9.88. The molecule has 0 radical (unpaired) electrons. The van der Waals surface area contributed by atoms with Gasteiger partial charge in [0.2, 0.25) is 0 Å². The second-order valence-electron chi connectivity index (χ2n) is 17.1. The molecule has 0 saturated carbocycles. The van der Waals surface area contributed by atoms with Crippen molar-refractivity contribution < 1.29 is 0 Å². The third kappa shape index (κ3) is 6.74. The first-order chi connectivity index (χ1) is 33.7. The predicted octanol–water partition coefficient (Wildman–Crippen LogP) is 15.5. The number of rotatable bonds is 8. The topological polar surface area (TPSA) is 61.4 Å². The van der Waals surface area contributed by atoms with Crippen LogP contribution in [0.5, 0.6) is 0 Å². The van der Waals surface area contributed by atoms with Crippen LogP contribution >= 0.6 is 0 Å². The number of hydrogen-bond acceptors (Lipinski definition) is 4. The van der Waals surface area contributed by atoms with Crippen molar-refractivity contribution in [1.82, 2.24) is 29.1 Å². The van der Waals surface area contributed by atoms with Gasteiger partial charge in [-0.25, -0.2) is 19.9 Å². The Balaban J connectivity index is 0.875. The summed E-state index contributed by atoms with van der Waals surface area (Å²) in [6.45, 7) is 0. The fraction of sp³-hybridized carbons (Fsp3) is 0. The van der Waals surface area contributed by atoms with Crippen molar-refractivity contribution in [3.05, 3.63) is 243 Å². The molecule has 0 spiro atoms. The zero-order valence-corrected chi connectivity index (χ0v) is 36.8. The van der Waals surface area contributed by atoms with Gasteiger partial charge in [0.15, 0.2) is 11.6 Å². The van der Waals surface area contributed by atoms with Gasteiger partial charge in [-0.15, -0.1) is 0 Å². The summed E-state index contributed by atoms with van der Waals surface area (Å²) < 4.78 is 4.85. The van der Waals surface area contributed by atoms with E-state index < -0.39 is 0 Å². The summed E-state index contributed by atoms with van der Waals surface area (Å²) >= 11 is 0. The number of fused-ring (bicyclic) bond motifs is 7. The second kappa shape index (κ2) is 16.3. The molecular formula is C62H40N6. The van der Waals surface area contributed by atoms with Gasteiger partial charge in [0.25, 0.3) is 0 Å². The number of aromatic nitrogens is 6. The van der Waals surface area contributed by atoms with E-state index in [0.29, 0.717) is 0 Å². The van der Waals surface area contributed by atoms with E-state index in [9.17, 15) is 0 Å². The Bertz CT molecular complexity index is 3740. The zero-order valence-electron chi connectivity index (χ0n) is 36.8. The third-order valence-electron chi connectivity index (χ3n) is 13.1. The van der Waals surface area contributed by atoms with Crippen molar-refractivity contribution in [2.24, 2.45) is 0 Å². The van der Waals surface area contributed by atoms with Crippen LogP contribution in [0.25, 0.3) is 123 Å². The minimum absolute atomic E-state index is 0.721. The van der Waals surface area contributed by atoms with Crippen LogP contribution in [0, 0.1) is 0 Å². The van der Waals surface area contributed by atoms with Crippen LogP contribution < -0.4 is 0 Å². The molecule has 0 N–H and O–H groups in total. The lowest BCUT2D eigenvalue weighted by atomic mass is 10.0. The normalized spacial score (nSPS) is 11.5. The highest BCUT2D eigenvalue weighted by atomic mass is 15.0. The van der Waals surface area contributed by atoms with Gasteiger partial charge < -0.3 is 9.13 Å².